The molecule has 1 N–H and O–H groups in total. The molecule has 6 nitrogen and oxygen atoms in total. The van der Waals surface area contributed by atoms with Gasteiger partial charge in [-0.3, -0.25) is 14.6 Å². The van der Waals surface area contributed by atoms with Gasteiger partial charge in [-0.2, -0.15) is 0 Å². The molecule has 1 aliphatic heterocycles. The summed E-state index contributed by atoms with van der Waals surface area (Å²) in [6.45, 7) is 2.04. The van der Waals surface area contributed by atoms with Gasteiger partial charge in [0.2, 0.25) is 0 Å². The fraction of sp³-hybridized carbons (Fsp3) is 0.160. The molecule has 1 amide bonds. The number of pyridine rings is 1. The number of Topliss-reactive ketones (excluding diaryl/α,β-unsaturated/α-hetero) is 1. The minimum atomic E-state index is -0.731. The number of halogens is 1. The van der Waals surface area contributed by atoms with Gasteiger partial charge in [0.05, 0.1) is 18.7 Å². The normalized spacial score (nSPS) is 17.6. The number of aliphatic hydroxyl groups excluding tert-OH is 1. The number of hydrogen-bond acceptors (Lipinski definition) is 5. The summed E-state index contributed by atoms with van der Waals surface area (Å²) in [7, 11) is 1.57. The maximum atomic E-state index is 13.1. The SMILES string of the molecule is COc1ccc(/C(O)=C2\C(=O)C(=O)N(Cc3cccnc3)[C@H]2c2ccc(Br)cc2)cc1C. The number of amides is 1. The molecule has 2 heterocycles. The number of methoxy groups -OCH3 is 1. The van der Waals surface area contributed by atoms with Crippen molar-refractivity contribution in [1.82, 2.24) is 9.88 Å². The van der Waals surface area contributed by atoms with Crippen molar-refractivity contribution in [3.63, 3.8) is 0 Å². The topological polar surface area (TPSA) is 79.7 Å². The highest BCUT2D eigenvalue weighted by atomic mass is 79.9. The Labute approximate surface area is 194 Å². The van der Waals surface area contributed by atoms with Crippen LogP contribution in [0.3, 0.4) is 0 Å². The number of ether oxygens (including phenoxy) is 1. The minimum Gasteiger partial charge on any atom is -0.507 e. The van der Waals surface area contributed by atoms with E-state index in [1.807, 2.05) is 37.3 Å². The minimum absolute atomic E-state index is 0.0609. The van der Waals surface area contributed by atoms with Crippen molar-refractivity contribution in [2.45, 2.75) is 19.5 Å². The summed E-state index contributed by atoms with van der Waals surface area (Å²) in [5, 5.41) is 11.2. The van der Waals surface area contributed by atoms with E-state index in [1.165, 1.54) is 4.90 Å². The average molecular weight is 493 g/mol. The lowest BCUT2D eigenvalue weighted by Crippen LogP contribution is -2.29. The van der Waals surface area contributed by atoms with Crippen molar-refractivity contribution in [1.29, 1.82) is 0 Å². The van der Waals surface area contributed by atoms with E-state index in [9.17, 15) is 14.7 Å². The third-order valence-electron chi connectivity index (χ3n) is 5.47. The smallest absolute Gasteiger partial charge is 0.295 e. The molecule has 162 valence electrons. The van der Waals surface area contributed by atoms with Crippen molar-refractivity contribution < 1.29 is 19.4 Å². The molecule has 0 saturated carbocycles. The Hall–Kier alpha value is -3.45. The third kappa shape index (κ3) is 4.03. The largest absolute Gasteiger partial charge is 0.507 e. The van der Waals surface area contributed by atoms with E-state index in [2.05, 4.69) is 20.9 Å². The molecule has 1 aromatic heterocycles. The molecule has 0 radical (unpaired) electrons. The van der Waals surface area contributed by atoms with Crippen molar-refractivity contribution in [3.05, 3.63) is 99.3 Å². The number of benzene rings is 2. The van der Waals surface area contributed by atoms with Gasteiger partial charge >= 0.3 is 0 Å². The Morgan fingerprint density at radius 3 is 2.53 bits per heavy atom. The van der Waals surface area contributed by atoms with Gasteiger partial charge < -0.3 is 14.7 Å². The number of carbonyl (C=O) groups excluding carboxylic acids is 2. The molecule has 0 unspecified atom stereocenters. The molecule has 3 aromatic rings. The second kappa shape index (κ2) is 8.96. The number of aryl methyl sites for hydroxylation is 1. The first-order valence-electron chi connectivity index (χ1n) is 9.98. The van der Waals surface area contributed by atoms with E-state index in [4.69, 9.17) is 4.74 Å². The van der Waals surface area contributed by atoms with Crippen LogP contribution >= 0.6 is 15.9 Å². The summed E-state index contributed by atoms with van der Waals surface area (Å²) < 4.78 is 6.16. The zero-order valence-electron chi connectivity index (χ0n) is 17.6. The van der Waals surface area contributed by atoms with Gasteiger partial charge in [0.1, 0.15) is 11.5 Å². The van der Waals surface area contributed by atoms with E-state index in [0.29, 0.717) is 11.3 Å². The second-order valence-electron chi connectivity index (χ2n) is 7.52. The van der Waals surface area contributed by atoms with E-state index in [-0.39, 0.29) is 17.9 Å². The Kier molecular flexibility index (Phi) is 6.10. The highest BCUT2D eigenvalue weighted by molar-refractivity contribution is 9.10. The molecular formula is C25H21BrN2O4. The summed E-state index contributed by atoms with van der Waals surface area (Å²) in [6, 6.07) is 15.4. The second-order valence-corrected chi connectivity index (χ2v) is 8.44. The molecule has 1 aliphatic rings. The predicted molar refractivity (Wildman–Crippen MR) is 124 cm³/mol. The Bertz CT molecular complexity index is 1210. The number of rotatable bonds is 5. The van der Waals surface area contributed by atoms with E-state index in [1.54, 1.807) is 43.8 Å². The van der Waals surface area contributed by atoms with Crippen molar-refractivity contribution >= 4 is 33.4 Å². The zero-order chi connectivity index (χ0) is 22.8. The van der Waals surface area contributed by atoms with Gasteiger partial charge in [-0.25, -0.2) is 0 Å². The molecular weight excluding hydrogens is 472 g/mol. The van der Waals surface area contributed by atoms with Crippen LogP contribution in [0.2, 0.25) is 0 Å². The van der Waals surface area contributed by atoms with Gasteiger partial charge in [-0.05, 0) is 60.0 Å². The maximum Gasteiger partial charge on any atom is 0.295 e. The van der Waals surface area contributed by atoms with Crippen molar-refractivity contribution in [2.75, 3.05) is 7.11 Å². The lowest BCUT2D eigenvalue weighted by atomic mass is 9.94. The van der Waals surface area contributed by atoms with Crippen LogP contribution in [0.15, 0.2) is 77.0 Å². The number of aliphatic hydroxyl groups is 1. The first-order valence-corrected chi connectivity index (χ1v) is 10.8. The fourth-order valence-corrected chi connectivity index (χ4v) is 4.17. The van der Waals surface area contributed by atoms with Gasteiger partial charge in [0.15, 0.2) is 0 Å². The Morgan fingerprint density at radius 1 is 1.16 bits per heavy atom. The highest BCUT2D eigenvalue weighted by Crippen LogP contribution is 2.40. The van der Waals surface area contributed by atoms with E-state index >= 15 is 0 Å². The summed E-state index contributed by atoms with van der Waals surface area (Å²) in [5.41, 5.74) is 2.83. The van der Waals surface area contributed by atoms with Crippen LogP contribution < -0.4 is 4.74 Å². The standard InChI is InChI=1S/C25H21BrN2O4/c1-15-12-18(7-10-20(15)32-2)23(29)21-22(17-5-8-19(26)9-6-17)28(25(31)24(21)30)14-16-4-3-11-27-13-16/h3-13,22,29H,14H2,1-2H3/b23-21+/t22-/m0/s1. The third-order valence-corrected chi connectivity index (χ3v) is 6.00. The van der Waals surface area contributed by atoms with Crippen molar-refractivity contribution in [2.24, 2.45) is 0 Å². The van der Waals surface area contributed by atoms with Crippen LogP contribution in [-0.2, 0) is 16.1 Å². The molecule has 0 bridgehead atoms. The van der Waals surface area contributed by atoms with Crippen LogP contribution in [0, 0.1) is 6.92 Å². The number of likely N-dealkylation sites (tertiary alicyclic amines) is 1. The molecule has 32 heavy (non-hydrogen) atoms. The molecule has 4 rings (SSSR count). The molecule has 7 heteroatoms. The first kappa shape index (κ1) is 21.8. The Morgan fingerprint density at radius 2 is 1.91 bits per heavy atom. The number of carbonyl (C=O) groups is 2. The summed E-state index contributed by atoms with van der Waals surface area (Å²) in [6.07, 6.45) is 3.31. The molecule has 2 aromatic carbocycles. The molecule has 0 aliphatic carbocycles. The number of aromatic nitrogens is 1. The lowest BCUT2D eigenvalue weighted by molar-refractivity contribution is -0.140. The predicted octanol–water partition coefficient (Wildman–Crippen LogP) is 4.78. The lowest BCUT2D eigenvalue weighted by Gasteiger charge is -2.25. The quantitative estimate of drug-likeness (QED) is 0.314. The maximum absolute atomic E-state index is 13.1. The first-order chi connectivity index (χ1) is 15.4. The molecule has 1 atom stereocenters. The average Bonchev–Trinajstić information content (AvgIpc) is 3.04. The van der Waals surface area contributed by atoms with Crippen LogP contribution in [0.4, 0.5) is 0 Å². The molecule has 1 saturated heterocycles. The van der Waals surface area contributed by atoms with Gasteiger partial charge in [0.25, 0.3) is 11.7 Å². The van der Waals surface area contributed by atoms with Crippen LogP contribution in [-0.4, -0.2) is 33.8 Å². The van der Waals surface area contributed by atoms with Crippen LogP contribution in [0.25, 0.3) is 5.76 Å². The highest BCUT2D eigenvalue weighted by Gasteiger charge is 2.46. The van der Waals surface area contributed by atoms with E-state index in [0.717, 1.165) is 21.2 Å². The van der Waals surface area contributed by atoms with Crippen molar-refractivity contribution in [3.8, 4) is 5.75 Å². The number of ketones is 1. The van der Waals surface area contributed by atoms with Crippen LogP contribution in [0.1, 0.15) is 28.3 Å². The number of nitrogens with zero attached hydrogens (tertiary/aromatic N) is 2. The monoisotopic (exact) mass is 492 g/mol. The van der Waals surface area contributed by atoms with Crippen LogP contribution in [0.5, 0.6) is 5.75 Å². The van der Waals surface area contributed by atoms with Gasteiger partial charge in [0, 0.05) is 29.0 Å². The van der Waals surface area contributed by atoms with E-state index < -0.39 is 17.7 Å². The number of hydrogen-bond donors (Lipinski definition) is 1. The zero-order valence-corrected chi connectivity index (χ0v) is 19.2. The summed E-state index contributed by atoms with van der Waals surface area (Å²) in [5.74, 6) is -0.917. The fourth-order valence-electron chi connectivity index (χ4n) is 3.90. The van der Waals surface area contributed by atoms with Gasteiger partial charge in [-0.15, -0.1) is 0 Å². The summed E-state index contributed by atoms with van der Waals surface area (Å²) in [4.78, 5) is 31.8. The van der Waals surface area contributed by atoms with Gasteiger partial charge in [-0.1, -0.05) is 34.1 Å². The Balaban J connectivity index is 1.86. The summed E-state index contributed by atoms with van der Waals surface area (Å²) >= 11 is 3.42. The molecule has 0 spiro atoms. The molecule has 1 fully saturated rings.